The average Bonchev–Trinajstić information content (AvgIpc) is 1.82. The molecule has 0 heterocycles. The van der Waals surface area contributed by atoms with Gasteiger partial charge in [-0.2, -0.15) is 13.2 Å². The second kappa shape index (κ2) is 3.84. The molecule has 0 unspecified atom stereocenters. The van der Waals surface area contributed by atoms with Crippen LogP contribution in [-0.4, -0.2) is 23.4 Å². The van der Waals surface area contributed by atoms with Crippen molar-refractivity contribution in [1.29, 1.82) is 0 Å². The zero-order valence-electron chi connectivity index (χ0n) is 8.02. The summed E-state index contributed by atoms with van der Waals surface area (Å²) in [5.41, 5.74) is 4.30. The summed E-state index contributed by atoms with van der Waals surface area (Å²) in [6, 6.07) is -1.94. The SMILES string of the molecule is CC(C)(C)[C@@H](O)C[C@@H](N)C(F)(F)F. The van der Waals surface area contributed by atoms with Crippen molar-refractivity contribution in [2.45, 2.75) is 45.5 Å². The average molecular weight is 199 g/mol. The van der Waals surface area contributed by atoms with Gasteiger partial charge in [0.15, 0.2) is 0 Å². The first-order chi connectivity index (χ1) is 5.55. The predicted molar refractivity (Wildman–Crippen MR) is 44.1 cm³/mol. The minimum Gasteiger partial charge on any atom is -0.393 e. The summed E-state index contributed by atoms with van der Waals surface area (Å²) < 4.78 is 35.9. The van der Waals surface area contributed by atoms with E-state index >= 15 is 0 Å². The molecule has 3 N–H and O–H groups in total. The highest BCUT2D eigenvalue weighted by molar-refractivity contribution is 4.80. The van der Waals surface area contributed by atoms with Gasteiger partial charge in [0.1, 0.15) is 6.04 Å². The van der Waals surface area contributed by atoms with Crippen molar-refractivity contribution in [3.63, 3.8) is 0 Å². The third kappa shape index (κ3) is 4.47. The van der Waals surface area contributed by atoms with Gasteiger partial charge in [-0.05, 0) is 11.8 Å². The normalized spacial score (nSPS) is 18.5. The summed E-state index contributed by atoms with van der Waals surface area (Å²) >= 11 is 0. The predicted octanol–water partition coefficient (Wildman–Crippen LogP) is 1.67. The Morgan fingerprint density at radius 2 is 1.62 bits per heavy atom. The van der Waals surface area contributed by atoms with Gasteiger partial charge >= 0.3 is 6.18 Å². The van der Waals surface area contributed by atoms with E-state index < -0.39 is 30.2 Å². The van der Waals surface area contributed by atoms with E-state index in [2.05, 4.69) is 0 Å². The van der Waals surface area contributed by atoms with Crippen molar-refractivity contribution >= 4 is 0 Å². The van der Waals surface area contributed by atoms with Crippen LogP contribution in [0.25, 0.3) is 0 Å². The van der Waals surface area contributed by atoms with Crippen molar-refractivity contribution in [1.82, 2.24) is 0 Å². The van der Waals surface area contributed by atoms with E-state index in [4.69, 9.17) is 5.73 Å². The molecule has 0 aromatic heterocycles. The standard InChI is InChI=1S/C8H16F3NO/c1-7(2,3)6(13)4-5(12)8(9,10)11/h5-6,13H,4,12H2,1-3H3/t5-,6+/m1/s1. The zero-order chi connectivity index (χ0) is 10.9. The van der Waals surface area contributed by atoms with Gasteiger partial charge in [0.05, 0.1) is 6.10 Å². The van der Waals surface area contributed by atoms with Crippen molar-refractivity contribution in [2.24, 2.45) is 11.1 Å². The first kappa shape index (κ1) is 12.7. The quantitative estimate of drug-likeness (QED) is 0.710. The number of aliphatic hydroxyl groups is 1. The number of hydrogen-bond donors (Lipinski definition) is 2. The van der Waals surface area contributed by atoms with Crippen molar-refractivity contribution < 1.29 is 18.3 Å². The van der Waals surface area contributed by atoms with Crippen LogP contribution in [0.3, 0.4) is 0 Å². The molecular formula is C8H16F3NO. The lowest BCUT2D eigenvalue weighted by Crippen LogP contribution is -2.43. The van der Waals surface area contributed by atoms with Crippen molar-refractivity contribution in [2.75, 3.05) is 0 Å². The number of aliphatic hydroxyl groups excluding tert-OH is 1. The summed E-state index contributed by atoms with van der Waals surface area (Å²) in [5.74, 6) is 0. The van der Waals surface area contributed by atoms with Crippen molar-refractivity contribution in [3.8, 4) is 0 Å². The molecular weight excluding hydrogens is 183 g/mol. The van der Waals surface area contributed by atoms with Crippen LogP contribution in [0.15, 0.2) is 0 Å². The number of halogens is 3. The lowest BCUT2D eigenvalue weighted by molar-refractivity contribution is -0.156. The van der Waals surface area contributed by atoms with Gasteiger partial charge in [0, 0.05) is 0 Å². The minimum atomic E-state index is -4.42. The smallest absolute Gasteiger partial charge is 0.393 e. The van der Waals surface area contributed by atoms with Crippen LogP contribution in [-0.2, 0) is 0 Å². The Labute approximate surface area is 75.9 Å². The second-order valence-corrected chi connectivity index (χ2v) is 4.27. The molecule has 5 heteroatoms. The molecule has 2 nitrogen and oxygen atoms in total. The first-order valence-electron chi connectivity index (χ1n) is 4.05. The molecule has 0 saturated heterocycles. The molecule has 0 fully saturated rings. The molecule has 0 saturated carbocycles. The van der Waals surface area contributed by atoms with E-state index in [-0.39, 0.29) is 0 Å². The van der Waals surface area contributed by atoms with E-state index in [0.29, 0.717) is 0 Å². The molecule has 0 amide bonds. The van der Waals surface area contributed by atoms with Gasteiger partial charge in [-0.15, -0.1) is 0 Å². The second-order valence-electron chi connectivity index (χ2n) is 4.27. The summed E-state index contributed by atoms with van der Waals surface area (Å²) in [5, 5.41) is 9.34. The first-order valence-corrected chi connectivity index (χ1v) is 4.05. The molecule has 0 spiro atoms. The molecule has 2 atom stereocenters. The third-order valence-corrected chi connectivity index (χ3v) is 1.90. The van der Waals surface area contributed by atoms with Crippen LogP contribution in [0, 0.1) is 5.41 Å². The van der Waals surface area contributed by atoms with Gasteiger partial charge in [-0.25, -0.2) is 0 Å². The summed E-state index contributed by atoms with van der Waals surface area (Å²) in [4.78, 5) is 0. The van der Waals surface area contributed by atoms with Crippen LogP contribution in [0.1, 0.15) is 27.2 Å². The fourth-order valence-corrected chi connectivity index (χ4v) is 0.728. The van der Waals surface area contributed by atoms with Crippen LogP contribution < -0.4 is 5.73 Å². The van der Waals surface area contributed by atoms with E-state index in [1.165, 1.54) is 0 Å². The Kier molecular flexibility index (Phi) is 3.75. The van der Waals surface area contributed by atoms with Gasteiger partial charge in [-0.1, -0.05) is 20.8 Å². The van der Waals surface area contributed by atoms with Crippen LogP contribution in [0.4, 0.5) is 13.2 Å². The van der Waals surface area contributed by atoms with Gasteiger partial charge in [0.25, 0.3) is 0 Å². The molecule has 13 heavy (non-hydrogen) atoms. The molecule has 0 rings (SSSR count). The molecule has 0 aliphatic rings. The van der Waals surface area contributed by atoms with Gasteiger partial charge < -0.3 is 10.8 Å². The highest BCUT2D eigenvalue weighted by atomic mass is 19.4. The molecule has 0 bridgehead atoms. The molecule has 0 aromatic rings. The monoisotopic (exact) mass is 199 g/mol. The topological polar surface area (TPSA) is 46.2 Å². The molecule has 80 valence electrons. The lowest BCUT2D eigenvalue weighted by atomic mass is 9.85. The van der Waals surface area contributed by atoms with Gasteiger partial charge in [0.2, 0.25) is 0 Å². The molecule has 0 aliphatic carbocycles. The van der Waals surface area contributed by atoms with Crippen LogP contribution in [0.2, 0.25) is 0 Å². The Morgan fingerprint density at radius 3 is 1.85 bits per heavy atom. The number of nitrogens with two attached hydrogens (primary N) is 1. The van der Waals surface area contributed by atoms with Gasteiger partial charge in [-0.3, -0.25) is 0 Å². The van der Waals surface area contributed by atoms with E-state index in [9.17, 15) is 18.3 Å². The maximum Gasteiger partial charge on any atom is 0.403 e. The highest BCUT2D eigenvalue weighted by Crippen LogP contribution is 2.27. The Hall–Kier alpha value is -0.290. The minimum absolute atomic E-state index is 0.451. The summed E-state index contributed by atoms with van der Waals surface area (Å²) in [6.07, 6.45) is -5.91. The zero-order valence-corrected chi connectivity index (χ0v) is 8.02. The van der Waals surface area contributed by atoms with Crippen LogP contribution in [0.5, 0.6) is 0 Å². The number of alkyl halides is 3. The summed E-state index contributed by atoms with van der Waals surface area (Å²) in [7, 11) is 0. The lowest BCUT2D eigenvalue weighted by Gasteiger charge is -2.28. The number of hydrogen-bond acceptors (Lipinski definition) is 2. The molecule has 0 radical (unpaired) electrons. The highest BCUT2D eigenvalue weighted by Gasteiger charge is 2.39. The Balaban J connectivity index is 4.15. The molecule has 0 aromatic carbocycles. The van der Waals surface area contributed by atoms with E-state index in [1.807, 2.05) is 0 Å². The van der Waals surface area contributed by atoms with Crippen LogP contribution >= 0.6 is 0 Å². The summed E-state index contributed by atoms with van der Waals surface area (Å²) in [6.45, 7) is 5.00. The fourth-order valence-electron chi connectivity index (χ4n) is 0.728. The largest absolute Gasteiger partial charge is 0.403 e. The van der Waals surface area contributed by atoms with Crippen molar-refractivity contribution in [3.05, 3.63) is 0 Å². The van der Waals surface area contributed by atoms with E-state index in [1.54, 1.807) is 20.8 Å². The maximum absolute atomic E-state index is 12.0. The third-order valence-electron chi connectivity index (χ3n) is 1.90. The maximum atomic E-state index is 12.0. The fraction of sp³-hybridized carbons (Fsp3) is 1.00. The number of rotatable bonds is 2. The Bertz CT molecular complexity index is 144. The Morgan fingerprint density at radius 1 is 1.23 bits per heavy atom. The van der Waals surface area contributed by atoms with E-state index in [0.717, 1.165) is 0 Å². The molecule has 0 aliphatic heterocycles.